The molecule has 1 fully saturated rings. The zero-order chi connectivity index (χ0) is 13.4. The van der Waals surface area contributed by atoms with Gasteiger partial charge in [0.25, 0.3) is 11.8 Å². The largest absolute Gasteiger partial charge is 0.464 e. The summed E-state index contributed by atoms with van der Waals surface area (Å²) in [5, 5.41) is 0. The van der Waals surface area contributed by atoms with Gasteiger partial charge >= 0.3 is 5.97 Å². The number of hydrogen-bond donors (Lipinski definition) is 0. The quantitative estimate of drug-likeness (QED) is 0.602. The lowest BCUT2D eigenvalue weighted by Gasteiger charge is -2.13. The molecule has 98 valence electrons. The van der Waals surface area contributed by atoms with E-state index in [1.807, 2.05) is 0 Å². The summed E-state index contributed by atoms with van der Waals surface area (Å²) in [6.45, 7) is 0.186. The number of carbonyl (C=O) groups excluding carboxylic acids is 3. The van der Waals surface area contributed by atoms with Gasteiger partial charge in [-0.25, -0.2) is 0 Å². The molecule has 1 aliphatic carbocycles. The number of carbonyl (C=O) groups is 3. The normalized spacial score (nSPS) is 17.6. The van der Waals surface area contributed by atoms with Gasteiger partial charge in [-0.15, -0.1) is 0 Å². The summed E-state index contributed by atoms with van der Waals surface area (Å²) in [6, 6.07) is 6.71. The number of nitrogens with zero attached hydrogens (tertiary/aromatic N) is 1. The van der Waals surface area contributed by atoms with E-state index in [9.17, 15) is 14.4 Å². The van der Waals surface area contributed by atoms with Crippen LogP contribution in [0.4, 0.5) is 0 Å². The third-order valence-corrected chi connectivity index (χ3v) is 3.35. The Morgan fingerprint density at radius 1 is 1.16 bits per heavy atom. The summed E-state index contributed by atoms with van der Waals surface area (Å²) in [5.74, 6) is -0.829. The molecule has 5 heteroatoms. The van der Waals surface area contributed by atoms with Crippen LogP contribution in [0.15, 0.2) is 24.3 Å². The van der Waals surface area contributed by atoms with Crippen molar-refractivity contribution in [1.82, 2.24) is 4.90 Å². The van der Waals surface area contributed by atoms with Gasteiger partial charge in [-0.1, -0.05) is 12.1 Å². The Balaban J connectivity index is 1.62. The summed E-state index contributed by atoms with van der Waals surface area (Å²) >= 11 is 0. The lowest BCUT2D eigenvalue weighted by atomic mass is 10.1. The predicted molar refractivity (Wildman–Crippen MR) is 65.5 cm³/mol. The number of hydrogen-bond acceptors (Lipinski definition) is 4. The topological polar surface area (TPSA) is 63.7 Å². The fourth-order valence-corrected chi connectivity index (χ4v) is 2.12. The van der Waals surface area contributed by atoms with Gasteiger partial charge in [0.15, 0.2) is 0 Å². The first-order chi connectivity index (χ1) is 9.18. The van der Waals surface area contributed by atoms with Crippen LogP contribution in [0.1, 0.15) is 33.6 Å². The number of ether oxygens (including phenoxy) is 1. The molecule has 1 saturated carbocycles. The van der Waals surface area contributed by atoms with Crippen molar-refractivity contribution in [1.29, 1.82) is 0 Å². The summed E-state index contributed by atoms with van der Waals surface area (Å²) in [4.78, 5) is 36.5. The smallest absolute Gasteiger partial charge is 0.308 e. The van der Waals surface area contributed by atoms with Crippen LogP contribution >= 0.6 is 0 Å². The van der Waals surface area contributed by atoms with Gasteiger partial charge in [0.05, 0.1) is 23.6 Å². The van der Waals surface area contributed by atoms with Crippen LogP contribution in [-0.4, -0.2) is 35.8 Å². The molecule has 0 atom stereocenters. The van der Waals surface area contributed by atoms with Crippen molar-refractivity contribution in [3.63, 3.8) is 0 Å². The van der Waals surface area contributed by atoms with Gasteiger partial charge in [0.1, 0.15) is 6.61 Å². The zero-order valence-corrected chi connectivity index (χ0v) is 10.3. The monoisotopic (exact) mass is 259 g/mol. The first kappa shape index (κ1) is 11.9. The van der Waals surface area contributed by atoms with Crippen LogP contribution in [0.5, 0.6) is 0 Å². The predicted octanol–water partition coefficient (Wildman–Crippen LogP) is 1.24. The van der Waals surface area contributed by atoms with Crippen molar-refractivity contribution in [2.45, 2.75) is 12.8 Å². The minimum atomic E-state index is -0.317. The number of esters is 1. The van der Waals surface area contributed by atoms with Crippen LogP contribution in [0, 0.1) is 5.92 Å². The molecule has 0 aromatic heterocycles. The molecule has 0 bridgehead atoms. The number of rotatable bonds is 4. The second-order valence-corrected chi connectivity index (χ2v) is 4.75. The van der Waals surface area contributed by atoms with Crippen molar-refractivity contribution >= 4 is 17.8 Å². The maximum absolute atomic E-state index is 12.0. The Morgan fingerprint density at radius 3 is 2.26 bits per heavy atom. The summed E-state index contributed by atoms with van der Waals surface area (Å²) in [7, 11) is 0. The Kier molecular flexibility index (Phi) is 2.81. The van der Waals surface area contributed by atoms with Gasteiger partial charge in [-0.05, 0) is 25.0 Å². The van der Waals surface area contributed by atoms with E-state index >= 15 is 0 Å². The van der Waals surface area contributed by atoms with Crippen molar-refractivity contribution in [3.05, 3.63) is 35.4 Å². The molecule has 0 unspecified atom stereocenters. The molecule has 0 saturated heterocycles. The molecule has 0 spiro atoms. The van der Waals surface area contributed by atoms with Gasteiger partial charge in [-0.3, -0.25) is 19.3 Å². The summed E-state index contributed by atoms with van der Waals surface area (Å²) in [5.41, 5.74) is 0.835. The van der Waals surface area contributed by atoms with Gasteiger partial charge in [0, 0.05) is 0 Å². The fraction of sp³-hybridized carbons (Fsp3) is 0.357. The second kappa shape index (κ2) is 4.50. The number of benzene rings is 1. The van der Waals surface area contributed by atoms with E-state index in [-0.39, 0.29) is 36.9 Å². The van der Waals surface area contributed by atoms with Crippen LogP contribution in [-0.2, 0) is 9.53 Å². The maximum Gasteiger partial charge on any atom is 0.308 e. The average molecular weight is 259 g/mol. The zero-order valence-electron chi connectivity index (χ0n) is 10.3. The molecular formula is C14H13NO4. The van der Waals surface area contributed by atoms with E-state index in [0.717, 1.165) is 17.7 Å². The third-order valence-electron chi connectivity index (χ3n) is 3.35. The molecule has 0 N–H and O–H groups in total. The summed E-state index contributed by atoms with van der Waals surface area (Å²) in [6.07, 6.45) is 1.76. The first-order valence-electron chi connectivity index (χ1n) is 6.30. The lowest BCUT2D eigenvalue weighted by Crippen LogP contribution is -2.33. The van der Waals surface area contributed by atoms with Crippen molar-refractivity contribution in [2.75, 3.05) is 13.2 Å². The van der Waals surface area contributed by atoms with Gasteiger partial charge < -0.3 is 4.74 Å². The van der Waals surface area contributed by atoms with Gasteiger partial charge in [0.2, 0.25) is 0 Å². The maximum atomic E-state index is 12.0. The van der Waals surface area contributed by atoms with Gasteiger partial charge in [-0.2, -0.15) is 0 Å². The molecule has 2 aliphatic rings. The molecule has 1 aliphatic heterocycles. The van der Waals surface area contributed by atoms with Crippen LogP contribution in [0.25, 0.3) is 0 Å². The highest BCUT2D eigenvalue weighted by molar-refractivity contribution is 6.21. The molecule has 3 rings (SSSR count). The number of imide groups is 1. The standard InChI is InChI=1S/C14H13NO4/c16-12-10-3-1-2-4-11(10)13(17)15(12)7-8-19-14(18)9-5-6-9/h1-4,9H,5-8H2. The van der Waals surface area contributed by atoms with Crippen LogP contribution in [0.3, 0.4) is 0 Å². The van der Waals surface area contributed by atoms with Crippen molar-refractivity contribution < 1.29 is 19.1 Å². The molecule has 1 aromatic carbocycles. The molecule has 2 amide bonds. The SMILES string of the molecule is O=C(OCCN1C(=O)c2ccccc2C1=O)C1CC1. The highest BCUT2D eigenvalue weighted by Crippen LogP contribution is 2.30. The third kappa shape index (κ3) is 2.12. The van der Waals surface area contributed by atoms with E-state index in [1.165, 1.54) is 0 Å². The Morgan fingerprint density at radius 2 is 1.74 bits per heavy atom. The Bertz CT molecular complexity index is 527. The minimum Gasteiger partial charge on any atom is -0.464 e. The molecular weight excluding hydrogens is 246 g/mol. The molecule has 19 heavy (non-hydrogen) atoms. The van der Waals surface area contributed by atoms with E-state index in [0.29, 0.717) is 11.1 Å². The van der Waals surface area contributed by atoms with E-state index in [1.54, 1.807) is 24.3 Å². The fourth-order valence-electron chi connectivity index (χ4n) is 2.12. The molecule has 1 heterocycles. The van der Waals surface area contributed by atoms with E-state index in [2.05, 4.69) is 0 Å². The van der Waals surface area contributed by atoms with Crippen molar-refractivity contribution in [2.24, 2.45) is 5.92 Å². The van der Waals surface area contributed by atoms with E-state index in [4.69, 9.17) is 4.74 Å². The second-order valence-electron chi connectivity index (χ2n) is 4.75. The highest BCUT2D eigenvalue weighted by atomic mass is 16.5. The Labute approximate surface area is 110 Å². The van der Waals surface area contributed by atoms with Crippen LogP contribution < -0.4 is 0 Å². The molecule has 0 radical (unpaired) electrons. The van der Waals surface area contributed by atoms with Crippen molar-refractivity contribution in [3.8, 4) is 0 Å². The van der Waals surface area contributed by atoms with Crippen LogP contribution in [0.2, 0.25) is 0 Å². The highest BCUT2D eigenvalue weighted by Gasteiger charge is 2.35. The Hall–Kier alpha value is -2.17. The molecule has 1 aromatic rings. The number of fused-ring (bicyclic) bond motifs is 1. The summed E-state index contributed by atoms with van der Waals surface area (Å²) < 4.78 is 5.04. The van der Waals surface area contributed by atoms with E-state index < -0.39 is 0 Å². The minimum absolute atomic E-state index is 0.0298. The lowest BCUT2D eigenvalue weighted by molar-refractivity contribution is -0.145. The average Bonchev–Trinajstić information content (AvgIpc) is 3.23. The number of amides is 2. The first-order valence-corrected chi connectivity index (χ1v) is 6.30. The molecule has 5 nitrogen and oxygen atoms in total.